The van der Waals surface area contributed by atoms with Crippen LogP contribution in [0.2, 0.25) is 0 Å². The van der Waals surface area contributed by atoms with Crippen LogP contribution in [-0.2, 0) is 0 Å². The molecule has 86 valence electrons. The van der Waals surface area contributed by atoms with Crippen LogP contribution in [0.1, 0.15) is 65.7 Å². The van der Waals surface area contributed by atoms with Crippen LogP contribution >= 0.6 is 0 Å². The first-order valence-electron chi connectivity index (χ1n) is 6.39. The van der Waals surface area contributed by atoms with Gasteiger partial charge in [0, 0.05) is 0 Å². The van der Waals surface area contributed by atoms with E-state index in [1.807, 2.05) is 13.8 Å². The van der Waals surface area contributed by atoms with Gasteiger partial charge in [-0.15, -0.1) is 0 Å². The van der Waals surface area contributed by atoms with Gasteiger partial charge < -0.3 is 5.73 Å². The molecule has 0 bridgehead atoms. The Morgan fingerprint density at radius 2 is 1.36 bits per heavy atom. The molecule has 2 rings (SSSR count). The molecule has 1 heteroatoms. The zero-order valence-electron chi connectivity index (χ0n) is 10.6. The first-order valence-corrected chi connectivity index (χ1v) is 6.39. The van der Waals surface area contributed by atoms with Crippen LogP contribution in [0.5, 0.6) is 0 Å². The molecule has 0 aliphatic heterocycles. The Morgan fingerprint density at radius 3 is 1.71 bits per heavy atom. The van der Waals surface area contributed by atoms with Crippen molar-refractivity contribution in [2.24, 2.45) is 17.1 Å². The molecule has 0 aromatic heterocycles. The molecule has 2 fully saturated rings. The van der Waals surface area contributed by atoms with Crippen LogP contribution in [0, 0.1) is 11.3 Å². The molecule has 2 N–H and O–H groups in total. The average Bonchev–Trinajstić information content (AvgIpc) is 2.23. The van der Waals surface area contributed by atoms with Crippen molar-refractivity contribution in [2.75, 3.05) is 7.05 Å². The molecular weight excluding hydrogens is 170 g/mol. The molecule has 2 aliphatic carbocycles. The van der Waals surface area contributed by atoms with Crippen LogP contribution in [0.25, 0.3) is 0 Å². The van der Waals surface area contributed by atoms with Crippen molar-refractivity contribution in [3.63, 3.8) is 0 Å². The predicted molar refractivity (Wildman–Crippen MR) is 65.4 cm³/mol. The van der Waals surface area contributed by atoms with E-state index in [0.717, 1.165) is 11.3 Å². The van der Waals surface area contributed by atoms with Gasteiger partial charge >= 0.3 is 0 Å². The highest BCUT2D eigenvalue weighted by Crippen LogP contribution is 2.54. The maximum absolute atomic E-state index is 4.50. The molecule has 0 unspecified atom stereocenters. The van der Waals surface area contributed by atoms with Crippen molar-refractivity contribution in [1.29, 1.82) is 0 Å². The SMILES string of the molecule is CC.CC1CC2(CCCCC2)C1.CN. The maximum Gasteiger partial charge on any atom is -0.0195 e. The summed E-state index contributed by atoms with van der Waals surface area (Å²) in [7, 11) is 1.50. The summed E-state index contributed by atoms with van der Waals surface area (Å²) in [5, 5.41) is 0. The molecule has 0 heterocycles. The van der Waals surface area contributed by atoms with Gasteiger partial charge in [0.2, 0.25) is 0 Å². The summed E-state index contributed by atoms with van der Waals surface area (Å²) < 4.78 is 0. The van der Waals surface area contributed by atoms with Gasteiger partial charge in [-0.2, -0.15) is 0 Å². The molecule has 14 heavy (non-hydrogen) atoms. The molecule has 0 aromatic carbocycles. The normalized spacial score (nSPS) is 23.8. The summed E-state index contributed by atoms with van der Waals surface area (Å²) in [5.74, 6) is 1.05. The minimum absolute atomic E-state index is 0.873. The first-order chi connectivity index (χ1) is 6.81. The van der Waals surface area contributed by atoms with E-state index in [9.17, 15) is 0 Å². The summed E-state index contributed by atoms with van der Waals surface area (Å²) in [6.45, 7) is 6.40. The van der Waals surface area contributed by atoms with E-state index < -0.39 is 0 Å². The minimum atomic E-state index is 0.873. The lowest BCUT2D eigenvalue weighted by Gasteiger charge is -2.49. The molecule has 2 aliphatic rings. The van der Waals surface area contributed by atoms with Gasteiger partial charge in [-0.25, -0.2) is 0 Å². The lowest BCUT2D eigenvalue weighted by atomic mass is 9.56. The van der Waals surface area contributed by atoms with Gasteiger partial charge in [-0.3, -0.25) is 0 Å². The number of rotatable bonds is 0. The quantitative estimate of drug-likeness (QED) is 0.627. The van der Waals surface area contributed by atoms with E-state index >= 15 is 0 Å². The zero-order valence-corrected chi connectivity index (χ0v) is 10.6. The van der Waals surface area contributed by atoms with E-state index in [1.54, 1.807) is 25.7 Å². The second-order valence-electron chi connectivity index (χ2n) is 4.57. The third kappa shape index (κ3) is 3.61. The third-order valence-electron chi connectivity index (χ3n) is 3.48. The highest BCUT2D eigenvalue weighted by Gasteiger charge is 2.41. The zero-order chi connectivity index (χ0) is 11.0. The van der Waals surface area contributed by atoms with E-state index in [1.165, 1.54) is 26.3 Å². The van der Waals surface area contributed by atoms with Crippen molar-refractivity contribution in [3.8, 4) is 0 Å². The van der Waals surface area contributed by atoms with Crippen molar-refractivity contribution < 1.29 is 0 Å². The Balaban J connectivity index is 0.000000379. The lowest BCUT2D eigenvalue weighted by Crippen LogP contribution is -2.37. The smallest absolute Gasteiger partial charge is 0.0195 e. The second kappa shape index (κ2) is 7.28. The van der Waals surface area contributed by atoms with E-state index in [0.29, 0.717) is 0 Å². The van der Waals surface area contributed by atoms with Crippen molar-refractivity contribution >= 4 is 0 Å². The molecule has 0 aromatic rings. The topological polar surface area (TPSA) is 26.0 Å². The highest BCUT2D eigenvalue weighted by atomic mass is 14.5. The molecule has 1 nitrogen and oxygen atoms in total. The standard InChI is InChI=1S/C10H18.C2H6.CH5N/c1-9-7-10(8-9)5-3-2-4-6-10;2*1-2/h9H,2-8H2,1H3;1-2H3;2H2,1H3. The lowest BCUT2D eigenvalue weighted by molar-refractivity contribution is 0.0244. The van der Waals surface area contributed by atoms with Gasteiger partial charge in [-0.05, 0) is 44.1 Å². The Morgan fingerprint density at radius 1 is 0.929 bits per heavy atom. The van der Waals surface area contributed by atoms with E-state index in [-0.39, 0.29) is 0 Å². The van der Waals surface area contributed by atoms with Crippen LogP contribution in [0.3, 0.4) is 0 Å². The van der Waals surface area contributed by atoms with Crippen molar-refractivity contribution in [1.82, 2.24) is 0 Å². The summed E-state index contributed by atoms with van der Waals surface area (Å²) >= 11 is 0. The Bertz CT molecular complexity index is 110. The molecule has 0 radical (unpaired) electrons. The van der Waals surface area contributed by atoms with E-state index in [2.05, 4.69) is 12.7 Å². The minimum Gasteiger partial charge on any atom is -0.333 e. The Kier molecular flexibility index (Phi) is 7.26. The summed E-state index contributed by atoms with van der Waals surface area (Å²) in [4.78, 5) is 0. The monoisotopic (exact) mass is 199 g/mol. The van der Waals surface area contributed by atoms with Gasteiger partial charge in [0.1, 0.15) is 0 Å². The Hall–Kier alpha value is -0.0400. The largest absolute Gasteiger partial charge is 0.333 e. The highest BCUT2D eigenvalue weighted by molar-refractivity contribution is 4.93. The summed E-state index contributed by atoms with van der Waals surface area (Å²) in [6, 6.07) is 0. The van der Waals surface area contributed by atoms with Crippen LogP contribution < -0.4 is 5.73 Å². The van der Waals surface area contributed by atoms with Crippen LogP contribution in [0.4, 0.5) is 0 Å². The number of hydrogen-bond donors (Lipinski definition) is 1. The van der Waals surface area contributed by atoms with E-state index in [4.69, 9.17) is 0 Å². The molecular formula is C13H29N. The van der Waals surface area contributed by atoms with Crippen molar-refractivity contribution in [2.45, 2.75) is 65.7 Å². The molecule has 0 atom stereocenters. The second-order valence-corrected chi connectivity index (χ2v) is 4.57. The fourth-order valence-electron chi connectivity index (χ4n) is 3.13. The fraction of sp³-hybridized carbons (Fsp3) is 1.00. The average molecular weight is 199 g/mol. The summed E-state index contributed by atoms with van der Waals surface area (Å²) in [6.07, 6.45) is 10.8. The van der Waals surface area contributed by atoms with Gasteiger partial charge in [0.05, 0.1) is 0 Å². The van der Waals surface area contributed by atoms with Crippen LogP contribution in [-0.4, -0.2) is 7.05 Å². The molecule has 2 saturated carbocycles. The number of hydrogen-bond acceptors (Lipinski definition) is 1. The fourth-order valence-corrected chi connectivity index (χ4v) is 3.13. The molecule has 0 amide bonds. The first kappa shape index (κ1) is 14.0. The maximum atomic E-state index is 4.50. The Labute approximate surface area is 90.5 Å². The predicted octanol–water partition coefficient (Wildman–Crippen LogP) is 3.97. The van der Waals surface area contributed by atoms with Crippen molar-refractivity contribution in [3.05, 3.63) is 0 Å². The van der Waals surface area contributed by atoms with Crippen LogP contribution in [0.15, 0.2) is 0 Å². The van der Waals surface area contributed by atoms with Gasteiger partial charge in [0.25, 0.3) is 0 Å². The number of nitrogens with two attached hydrogens (primary N) is 1. The third-order valence-corrected chi connectivity index (χ3v) is 3.48. The van der Waals surface area contributed by atoms with Gasteiger partial charge in [-0.1, -0.05) is 40.0 Å². The molecule has 1 spiro atoms. The van der Waals surface area contributed by atoms with Gasteiger partial charge in [0.15, 0.2) is 0 Å². The molecule has 0 saturated heterocycles. The summed E-state index contributed by atoms with van der Waals surface area (Å²) in [5.41, 5.74) is 5.37.